The summed E-state index contributed by atoms with van der Waals surface area (Å²) in [6.45, 7) is 5.53. The van der Waals surface area contributed by atoms with Crippen LogP contribution in [0.25, 0.3) is 11.0 Å². The van der Waals surface area contributed by atoms with Gasteiger partial charge in [-0.2, -0.15) is 0 Å². The predicted octanol–water partition coefficient (Wildman–Crippen LogP) is 4.15. The van der Waals surface area contributed by atoms with Crippen LogP contribution in [0.15, 0.2) is 39.0 Å². The van der Waals surface area contributed by atoms with Crippen molar-refractivity contribution in [3.8, 4) is 0 Å². The second kappa shape index (κ2) is 10.6. The number of benzene rings is 1. The zero-order chi connectivity index (χ0) is 23.4. The second-order valence-corrected chi connectivity index (χ2v) is 9.06. The summed E-state index contributed by atoms with van der Waals surface area (Å²) >= 11 is 0. The van der Waals surface area contributed by atoms with E-state index < -0.39 is 0 Å². The first kappa shape index (κ1) is 23.6. The topological polar surface area (TPSA) is 71.2 Å². The molecule has 2 saturated heterocycles. The van der Waals surface area contributed by atoms with Crippen molar-refractivity contribution >= 4 is 23.1 Å². The lowest BCUT2D eigenvalue weighted by Gasteiger charge is -2.32. The normalized spacial score (nSPS) is 22.7. The SMILES string of the molecule is COC1CCCN(C)C1=N/C(C)=C(\C=O)CCN1CCC(c2noc3cc(F)ccc23)CC1. The van der Waals surface area contributed by atoms with Crippen LogP contribution in [-0.2, 0) is 9.53 Å². The number of hydrogen-bond donors (Lipinski definition) is 0. The van der Waals surface area contributed by atoms with Crippen molar-refractivity contribution in [2.45, 2.75) is 51.0 Å². The molecule has 2 aliphatic heterocycles. The smallest absolute Gasteiger partial charge is 0.170 e. The van der Waals surface area contributed by atoms with Crippen LogP contribution in [0, 0.1) is 5.82 Å². The summed E-state index contributed by atoms with van der Waals surface area (Å²) in [4.78, 5) is 21.1. The summed E-state index contributed by atoms with van der Waals surface area (Å²) in [6, 6.07) is 4.60. The number of likely N-dealkylation sites (N-methyl/N-ethyl adjacent to an activating group) is 1. The lowest BCUT2D eigenvalue weighted by Crippen LogP contribution is -2.42. The molecule has 7 nitrogen and oxygen atoms in total. The van der Waals surface area contributed by atoms with Gasteiger partial charge in [-0.1, -0.05) is 5.16 Å². The van der Waals surface area contributed by atoms with Crippen LogP contribution in [0.2, 0.25) is 0 Å². The van der Waals surface area contributed by atoms with Crippen LogP contribution in [0.5, 0.6) is 0 Å². The number of halogens is 1. The van der Waals surface area contributed by atoms with E-state index in [1.807, 2.05) is 14.0 Å². The molecule has 1 atom stereocenters. The van der Waals surface area contributed by atoms with Crippen molar-refractivity contribution in [2.24, 2.45) is 4.99 Å². The third kappa shape index (κ3) is 5.33. The Morgan fingerprint density at radius 1 is 1.30 bits per heavy atom. The van der Waals surface area contributed by atoms with E-state index in [1.54, 1.807) is 13.2 Å². The van der Waals surface area contributed by atoms with Gasteiger partial charge in [0.2, 0.25) is 0 Å². The Morgan fingerprint density at radius 2 is 2.09 bits per heavy atom. The highest BCUT2D eigenvalue weighted by molar-refractivity contribution is 5.88. The third-order valence-electron chi connectivity index (χ3n) is 6.95. The van der Waals surface area contributed by atoms with Crippen molar-refractivity contribution in [1.29, 1.82) is 0 Å². The zero-order valence-electron chi connectivity index (χ0n) is 19.7. The molecule has 3 heterocycles. The van der Waals surface area contributed by atoms with E-state index in [4.69, 9.17) is 14.3 Å². The number of aldehydes is 1. The van der Waals surface area contributed by atoms with Gasteiger partial charge in [0, 0.05) is 55.9 Å². The Morgan fingerprint density at radius 3 is 2.82 bits per heavy atom. The van der Waals surface area contributed by atoms with Gasteiger partial charge in [-0.3, -0.25) is 4.79 Å². The van der Waals surface area contributed by atoms with Crippen LogP contribution >= 0.6 is 0 Å². The second-order valence-electron chi connectivity index (χ2n) is 9.06. The number of ether oxygens (including phenoxy) is 1. The largest absolute Gasteiger partial charge is 0.374 e. The summed E-state index contributed by atoms with van der Waals surface area (Å²) in [6.07, 6.45) is 5.54. The fourth-order valence-corrected chi connectivity index (χ4v) is 4.89. The molecule has 1 unspecified atom stereocenters. The van der Waals surface area contributed by atoms with Gasteiger partial charge in [0.05, 0.1) is 5.69 Å². The van der Waals surface area contributed by atoms with Gasteiger partial charge < -0.3 is 19.1 Å². The van der Waals surface area contributed by atoms with Crippen molar-refractivity contribution in [3.63, 3.8) is 0 Å². The molecule has 0 aliphatic carbocycles. The molecular formula is C25H33FN4O3. The number of aromatic nitrogens is 1. The number of amidine groups is 1. The summed E-state index contributed by atoms with van der Waals surface area (Å²) in [7, 11) is 3.74. The molecule has 33 heavy (non-hydrogen) atoms. The standard InChI is InChI=1S/C25H33FN4O3/c1-17(27-25-22(32-3)5-4-11-29(25)2)19(16-31)10-14-30-12-8-18(9-13-30)24-21-7-6-20(26)15-23(21)33-28-24/h6-7,15-16,18,22H,4-5,8-14H2,1-3H3/b19-17-,27-25?. The Hall–Kier alpha value is -2.58. The average molecular weight is 457 g/mol. The molecule has 2 fully saturated rings. The molecule has 2 aliphatic rings. The molecule has 4 rings (SSSR count). The molecule has 1 aromatic heterocycles. The van der Waals surface area contributed by atoms with Crippen LogP contribution in [-0.4, -0.2) is 73.5 Å². The molecule has 0 bridgehead atoms. The zero-order valence-corrected chi connectivity index (χ0v) is 19.7. The van der Waals surface area contributed by atoms with Crippen molar-refractivity contribution in [1.82, 2.24) is 15.0 Å². The number of fused-ring (bicyclic) bond motifs is 1. The number of aliphatic imine (C=N–C) groups is 1. The monoisotopic (exact) mass is 456 g/mol. The molecule has 0 spiro atoms. The van der Waals surface area contributed by atoms with Gasteiger partial charge >= 0.3 is 0 Å². The van der Waals surface area contributed by atoms with Gasteiger partial charge in [0.15, 0.2) is 5.58 Å². The van der Waals surface area contributed by atoms with Crippen LogP contribution in [0.3, 0.4) is 0 Å². The molecule has 178 valence electrons. The van der Waals surface area contributed by atoms with Gasteiger partial charge in [0.25, 0.3) is 0 Å². The number of rotatable bonds is 7. The summed E-state index contributed by atoms with van der Waals surface area (Å²) < 4.78 is 24.4. The maximum Gasteiger partial charge on any atom is 0.170 e. The van der Waals surface area contributed by atoms with Crippen LogP contribution < -0.4 is 0 Å². The maximum atomic E-state index is 13.4. The van der Waals surface area contributed by atoms with E-state index >= 15 is 0 Å². The van der Waals surface area contributed by atoms with Crippen LogP contribution in [0.4, 0.5) is 4.39 Å². The maximum absolute atomic E-state index is 13.4. The van der Waals surface area contributed by atoms with E-state index in [2.05, 4.69) is 15.0 Å². The number of carbonyl (C=O) groups is 1. The summed E-state index contributed by atoms with van der Waals surface area (Å²) in [5, 5.41) is 5.13. The molecule has 2 aromatic rings. The van der Waals surface area contributed by atoms with Gasteiger partial charge in [-0.25, -0.2) is 9.38 Å². The predicted molar refractivity (Wildman–Crippen MR) is 126 cm³/mol. The fourth-order valence-electron chi connectivity index (χ4n) is 4.89. The number of hydrogen-bond acceptors (Lipinski definition) is 6. The molecule has 8 heteroatoms. The van der Waals surface area contributed by atoms with E-state index in [0.29, 0.717) is 17.9 Å². The number of allylic oxidation sites excluding steroid dienone is 1. The van der Waals surface area contributed by atoms with E-state index in [9.17, 15) is 9.18 Å². The summed E-state index contributed by atoms with van der Waals surface area (Å²) in [5.41, 5.74) is 2.94. The van der Waals surface area contributed by atoms with Gasteiger partial charge in [-0.15, -0.1) is 0 Å². The van der Waals surface area contributed by atoms with Crippen molar-refractivity contribution < 1.29 is 18.4 Å². The van der Waals surface area contributed by atoms with E-state index in [-0.39, 0.29) is 11.9 Å². The lowest BCUT2D eigenvalue weighted by molar-refractivity contribution is -0.105. The lowest BCUT2D eigenvalue weighted by atomic mass is 9.91. The Kier molecular flexibility index (Phi) is 7.55. The molecule has 0 N–H and O–H groups in total. The minimum absolute atomic E-state index is 0.0188. The minimum atomic E-state index is -0.313. The number of piperidine rings is 2. The van der Waals surface area contributed by atoms with Gasteiger partial charge in [0.1, 0.15) is 24.0 Å². The van der Waals surface area contributed by atoms with Gasteiger partial charge in [-0.05, 0) is 64.3 Å². The molecule has 1 aromatic carbocycles. The highest BCUT2D eigenvalue weighted by Crippen LogP contribution is 2.33. The highest BCUT2D eigenvalue weighted by atomic mass is 19.1. The first-order valence-corrected chi connectivity index (χ1v) is 11.7. The number of carbonyl (C=O) groups excluding carboxylic acids is 1. The van der Waals surface area contributed by atoms with E-state index in [0.717, 1.165) is 86.3 Å². The Labute approximate surface area is 194 Å². The number of likely N-dealkylation sites (tertiary alicyclic amines) is 2. The molecule has 0 saturated carbocycles. The Balaban J connectivity index is 1.36. The average Bonchev–Trinajstić information content (AvgIpc) is 3.24. The van der Waals surface area contributed by atoms with Crippen LogP contribution in [0.1, 0.15) is 50.6 Å². The molecule has 0 amide bonds. The highest BCUT2D eigenvalue weighted by Gasteiger charge is 2.26. The van der Waals surface area contributed by atoms with Crippen molar-refractivity contribution in [2.75, 3.05) is 40.3 Å². The van der Waals surface area contributed by atoms with Crippen molar-refractivity contribution in [3.05, 3.63) is 41.0 Å². The fraction of sp³-hybridized carbons (Fsp3) is 0.560. The third-order valence-corrected chi connectivity index (χ3v) is 6.95. The first-order chi connectivity index (χ1) is 16.0. The Bertz CT molecular complexity index is 1040. The number of nitrogens with zero attached hydrogens (tertiary/aromatic N) is 4. The number of methoxy groups -OCH3 is 1. The molecular weight excluding hydrogens is 423 g/mol. The first-order valence-electron chi connectivity index (χ1n) is 11.7. The summed E-state index contributed by atoms with van der Waals surface area (Å²) in [5.74, 6) is 0.892. The van der Waals surface area contributed by atoms with E-state index in [1.165, 1.54) is 12.1 Å². The molecule has 0 radical (unpaired) electrons. The minimum Gasteiger partial charge on any atom is -0.374 e. The quantitative estimate of drug-likeness (QED) is 0.461.